The Bertz CT molecular complexity index is 1310. The molecular weight excluding hydrogens is 522 g/mol. The van der Waals surface area contributed by atoms with Crippen molar-refractivity contribution in [3.8, 4) is 11.3 Å². The van der Waals surface area contributed by atoms with E-state index in [0.29, 0.717) is 31.1 Å². The van der Waals surface area contributed by atoms with Crippen molar-refractivity contribution in [2.75, 3.05) is 77.2 Å². The summed E-state index contributed by atoms with van der Waals surface area (Å²) in [4.78, 5) is 43.6. The van der Waals surface area contributed by atoms with Crippen LogP contribution < -0.4 is 20.9 Å². The first kappa shape index (κ1) is 29.8. The molecule has 1 aliphatic rings. The monoisotopic (exact) mass is 561 g/mol. The summed E-state index contributed by atoms with van der Waals surface area (Å²) < 4.78 is 0. The first-order valence-electron chi connectivity index (χ1n) is 13.8. The van der Waals surface area contributed by atoms with Crippen LogP contribution in [0.2, 0.25) is 0 Å². The quantitative estimate of drug-likeness (QED) is 0.228. The van der Waals surface area contributed by atoms with Crippen LogP contribution in [-0.2, 0) is 11.3 Å². The second-order valence-electron chi connectivity index (χ2n) is 10.1. The number of pyridine rings is 1. The highest BCUT2D eigenvalue weighted by Gasteiger charge is 2.21. The molecule has 3 heterocycles. The van der Waals surface area contributed by atoms with Crippen molar-refractivity contribution in [3.05, 3.63) is 59.9 Å². The van der Waals surface area contributed by atoms with Gasteiger partial charge in [-0.15, -0.1) is 0 Å². The SMILES string of the molecule is CNCCCN(C)c1ccc(-c2ccnc(Nc3ccc(C(=O)NC)c(CN4CCN(CC(=O)O)CC4)c3)n2)cn1. The van der Waals surface area contributed by atoms with Gasteiger partial charge in [-0.3, -0.25) is 19.4 Å². The van der Waals surface area contributed by atoms with Crippen LogP contribution in [0.3, 0.4) is 0 Å². The Morgan fingerprint density at radius 3 is 2.49 bits per heavy atom. The summed E-state index contributed by atoms with van der Waals surface area (Å²) in [5.41, 5.74) is 3.88. The Hall–Kier alpha value is -4.13. The van der Waals surface area contributed by atoms with Crippen molar-refractivity contribution in [2.45, 2.75) is 13.0 Å². The van der Waals surface area contributed by atoms with Crippen LogP contribution in [-0.4, -0.2) is 109 Å². The van der Waals surface area contributed by atoms with Crippen LogP contribution in [0, 0.1) is 0 Å². The van der Waals surface area contributed by atoms with E-state index in [2.05, 4.69) is 35.7 Å². The van der Waals surface area contributed by atoms with Crippen LogP contribution in [0.15, 0.2) is 48.8 Å². The average molecular weight is 562 g/mol. The molecule has 218 valence electrons. The zero-order chi connectivity index (χ0) is 29.2. The molecule has 3 aromatic rings. The van der Waals surface area contributed by atoms with Gasteiger partial charge in [-0.05, 0) is 62.0 Å². The number of carboxylic acid groups (broad SMARTS) is 1. The highest BCUT2D eigenvalue weighted by molar-refractivity contribution is 5.96. The van der Waals surface area contributed by atoms with Crippen molar-refractivity contribution in [3.63, 3.8) is 0 Å². The Balaban J connectivity index is 1.46. The minimum absolute atomic E-state index is 0.0457. The van der Waals surface area contributed by atoms with Gasteiger partial charge in [0, 0.05) is 82.6 Å². The second-order valence-corrected chi connectivity index (χ2v) is 10.1. The number of nitrogens with one attached hydrogen (secondary N) is 3. The van der Waals surface area contributed by atoms with E-state index in [4.69, 9.17) is 10.1 Å². The molecule has 12 heteroatoms. The molecule has 4 N–H and O–H groups in total. The van der Waals surface area contributed by atoms with E-state index in [1.807, 2.05) is 55.5 Å². The molecule has 1 aromatic carbocycles. The lowest BCUT2D eigenvalue weighted by Gasteiger charge is -2.34. The maximum absolute atomic E-state index is 12.6. The zero-order valence-electron chi connectivity index (χ0n) is 23.9. The van der Waals surface area contributed by atoms with Gasteiger partial charge in [0.05, 0.1) is 12.2 Å². The molecule has 0 atom stereocenters. The third-order valence-corrected chi connectivity index (χ3v) is 7.06. The highest BCUT2D eigenvalue weighted by atomic mass is 16.4. The number of carboxylic acids is 1. The molecule has 12 nitrogen and oxygen atoms in total. The molecule has 0 spiro atoms. The number of carbonyl (C=O) groups excluding carboxylic acids is 1. The van der Waals surface area contributed by atoms with E-state index in [0.717, 1.165) is 60.9 Å². The van der Waals surface area contributed by atoms with Crippen LogP contribution in [0.1, 0.15) is 22.3 Å². The van der Waals surface area contributed by atoms with Crippen molar-refractivity contribution in [1.82, 2.24) is 35.4 Å². The van der Waals surface area contributed by atoms with E-state index in [1.54, 1.807) is 19.3 Å². The first-order chi connectivity index (χ1) is 19.9. The fraction of sp³-hybridized carbons (Fsp3) is 0.414. The first-order valence-corrected chi connectivity index (χ1v) is 13.8. The summed E-state index contributed by atoms with van der Waals surface area (Å²) in [6, 6.07) is 11.4. The highest BCUT2D eigenvalue weighted by Crippen LogP contribution is 2.23. The summed E-state index contributed by atoms with van der Waals surface area (Å²) in [6.45, 7) is 5.28. The molecule has 0 unspecified atom stereocenters. The molecule has 0 radical (unpaired) electrons. The molecule has 1 amide bonds. The van der Waals surface area contributed by atoms with Crippen molar-refractivity contribution < 1.29 is 14.7 Å². The number of benzene rings is 1. The molecule has 1 fully saturated rings. The number of carbonyl (C=O) groups is 2. The Morgan fingerprint density at radius 1 is 1.02 bits per heavy atom. The summed E-state index contributed by atoms with van der Waals surface area (Å²) in [5.74, 6) is 0.376. The number of aromatic nitrogens is 3. The van der Waals surface area contributed by atoms with Gasteiger partial charge in [-0.2, -0.15) is 0 Å². The normalized spacial score (nSPS) is 14.0. The molecule has 1 saturated heterocycles. The lowest BCUT2D eigenvalue weighted by atomic mass is 10.0. The Morgan fingerprint density at radius 2 is 1.80 bits per heavy atom. The van der Waals surface area contributed by atoms with Gasteiger partial charge >= 0.3 is 5.97 Å². The maximum Gasteiger partial charge on any atom is 0.317 e. The molecule has 0 saturated carbocycles. The molecule has 4 rings (SSSR count). The molecule has 0 bridgehead atoms. The lowest BCUT2D eigenvalue weighted by Crippen LogP contribution is -2.47. The van der Waals surface area contributed by atoms with Crippen LogP contribution in [0.25, 0.3) is 11.3 Å². The van der Waals surface area contributed by atoms with Gasteiger partial charge in [0.2, 0.25) is 5.95 Å². The zero-order valence-corrected chi connectivity index (χ0v) is 23.9. The third-order valence-electron chi connectivity index (χ3n) is 7.06. The third kappa shape index (κ3) is 8.43. The van der Waals surface area contributed by atoms with Crippen molar-refractivity contribution >= 4 is 29.3 Å². The van der Waals surface area contributed by atoms with E-state index in [1.165, 1.54) is 0 Å². The van der Waals surface area contributed by atoms with E-state index >= 15 is 0 Å². The number of hydrogen-bond donors (Lipinski definition) is 4. The molecule has 1 aliphatic heterocycles. The van der Waals surface area contributed by atoms with E-state index in [9.17, 15) is 9.59 Å². The van der Waals surface area contributed by atoms with Gasteiger partial charge in [-0.25, -0.2) is 15.0 Å². The molecular formula is C29H39N9O3. The fourth-order valence-corrected chi connectivity index (χ4v) is 4.78. The number of amides is 1. The van der Waals surface area contributed by atoms with Crippen LogP contribution in [0.4, 0.5) is 17.5 Å². The Labute approximate surface area is 240 Å². The fourth-order valence-electron chi connectivity index (χ4n) is 4.78. The van der Waals surface area contributed by atoms with Gasteiger partial charge in [0.1, 0.15) is 5.82 Å². The predicted molar refractivity (Wildman–Crippen MR) is 160 cm³/mol. The number of anilines is 3. The number of aliphatic carboxylic acids is 1. The standard InChI is InChI=1S/C29H39N9O3/c1-30-10-4-12-36(3)26-8-5-21(18-33-26)25-9-11-32-29(35-25)34-23-6-7-24(28(41)31-2)22(17-23)19-37-13-15-38(16-14-37)20-27(39)40/h5-9,11,17-18,30H,4,10,12-16,19-20H2,1-3H3,(H,31,41)(H,39,40)(H,32,34,35). The summed E-state index contributed by atoms with van der Waals surface area (Å²) in [5, 5.41) is 18.2. The van der Waals surface area contributed by atoms with Crippen LogP contribution >= 0.6 is 0 Å². The smallest absolute Gasteiger partial charge is 0.317 e. The lowest BCUT2D eigenvalue weighted by molar-refractivity contribution is -0.138. The van der Waals surface area contributed by atoms with Crippen molar-refractivity contribution in [1.29, 1.82) is 0 Å². The van der Waals surface area contributed by atoms with E-state index in [-0.39, 0.29) is 12.5 Å². The van der Waals surface area contributed by atoms with Crippen LogP contribution in [0.5, 0.6) is 0 Å². The topological polar surface area (TPSA) is 139 Å². The van der Waals surface area contributed by atoms with Gasteiger partial charge in [0.15, 0.2) is 0 Å². The Kier molecular flexibility index (Phi) is 10.5. The van der Waals surface area contributed by atoms with E-state index < -0.39 is 5.97 Å². The molecule has 0 aliphatic carbocycles. The minimum Gasteiger partial charge on any atom is -0.480 e. The summed E-state index contributed by atoms with van der Waals surface area (Å²) >= 11 is 0. The van der Waals surface area contributed by atoms with Crippen molar-refractivity contribution in [2.24, 2.45) is 0 Å². The van der Waals surface area contributed by atoms with Gasteiger partial charge < -0.3 is 26.0 Å². The largest absolute Gasteiger partial charge is 0.480 e. The summed E-state index contributed by atoms with van der Waals surface area (Å²) in [6.07, 6.45) is 4.56. The predicted octanol–water partition coefficient (Wildman–Crippen LogP) is 1.89. The molecule has 41 heavy (non-hydrogen) atoms. The second kappa shape index (κ2) is 14.5. The number of nitrogens with zero attached hydrogens (tertiary/aromatic N) is 6. The van der Waals surface area contributed by atoms with Gasteiger partial charge in [0.25, 0.3) is 5.91 Å². The van der Waals surface area contributed by atoms with Gasteiger partial charge in [-0.1, -0.05) is 0 Å². The maximum atomic E-state index is 12.6. The molecule has 2 aromatic heterocycles. The minimum atomic E-state index is -0.818. The number of hydrogen-bond acceptors (Lipinski definition) is 10. The average Bonchev–Trinajstić information content (AvgIpc) is 2.98. The summed E-state index contributed by atoms with van der Waals surface area (Å²) in [7, 11) is 5.60. The number of piperazine rings is 1. The number of rotatable bonds is 13.